The highest BCUT2D eigenvalue weighted by atomic mass is 19.4. The van der Waals surface area contributed by atoms with Crippen molar-refractivity contribution in [3.05, 3.63) is 42.0 Å². The van der Waals surface area contributed by atoms with E-state index in [1.54, 1.807) is 6.07 Å². The second-order valence-electron chi connectivity index (χ2n) is 7.34. The van der Waals surface area contributed by atoms with E-state index in [4.69, 9.17) is 0 Å². The lowest BCUT2D eigenvalue weighted by Gasteiger charge is -2.41. The van der Waals surface area contributed by atoms with Crippen molar-refractivity contribution in [2.24, 2.45) is 5.92 Å². The highest BCUT2D eigenvalue weighted by Crippen LogP contribution is 2.40. The number of piperidine rings is 1. The SMILES string of the molecule is Fc1cccc(CN2CCC[C@@H]([C@@H]3C[C@H](C(F)(F)F)n4ncnc4N3)C2)c1. The van der Waals surface area contributed by atoms with E-state index < -0.39 is 12.2 Å². The molecule has 2 aromatic rings. The zero-order valence-corrected chi connectivity index (χ0v) is 14.7. The van der Waals surface area contributed by atoms with Gasteiger partial charge in [-0.25, -0.2) is 9.07 Å². The molecule has 0 radical (unpaired) electrons. The molecule has 3 atom stereocenters. The number of nitrogens with one attached hydrogen (secondary N) is 1. The number of rotatable bonds is 3. The van der Waals surface area contributed by atoms with Crippen LogP contribution in [0.5, 0.6) is 0 Å². The van der Waals surface area contributed by atoms with Crippen molar-refractivity contribution >= 4 is 5.95 Å². The maximum atomic E-state index is 13.5. The zero-order chi connectivity index (χ0) is 19.0. The topological polar surface area (TPSA) is 46.0 Å². The second-order valence-corrected chi connectivity index (χ2v) is 7.34. The van der Waals surface area contributed by atoms with Crippen LogP contribution in [-0.2, 0) is 6.54 Å². The zero-order valence-electron chi connectivity index (χ0n) is 14.7. The molecule has 9 heteroatoms. The summed E-state index contributed by atoms with van der Waals surface area (Å²) >= 11 is 0. The Morgan fingerprint density at radius 1 is 1.26 bits per heavy atom. The Morgan fingerprint density at radius 3 is 2.89 bits per heavy atom. The normalized spacial score (nSPS) is 26.4. The molecule has 0 aliphatic carbocycles. The predicted molar refractivity (Wildman–Crippen MR) is 91.5 cm³/mol. The fraction of sp³-hybridized carbons (Fsp3) is 0.556. The molecule has 1 N–H and O–H groups in total. The first kappa shape index (κ1) is 18.2. The van der Waals surface area contributed by atoms with E-state index in [0.29, 0.717) is 13.1 Å². The minimum atomic E-state index is -4.36. The predicted octanol–water partition coefficient (Wildman–Crippen LogP) is 3.62. The average Bonchev–Trinajstić information content (AvgIpc) is 3.08. The third-order valence-corrected chi connectivity index (χ3v) is 5.44. The third-order valence-electron chi connectivity index (χ3n) is 5.44. The van der Waals surface area contributed by atoms with Gasteiger partial charge < -0.3 is 5.32 Å². The van der Waals surface area contributed by atoms with Gasteiger partial charge in [0, 0.05) is 19.1 Å². The lowest BCUT2D eigenvalue weighted by molar-refractivity contribution is -0.174. The first-order chi connectivity index (χ1) is 12.9. The molecule has 4 rings (SSSR count). The summed E-state index contributed by atoms with van der Waals surface area (Å²) in [5, 5.41) is 6.89. The Labute approximate surface area is 154 Å². The molecule has 5 nitrogen and oxygen atoms in total. The van der Waals surface area contributed by atoms with Gasteiger partial charge in [-0.3, -0.25) is 4.90 Å². The summed E-state index contributed by atoms with van der Waals surface area (Å²) < 4.78 is 54.8. The van der Waals surface area contributed by atoms with Crippen LogP contribution in [0.4, 0.5) is 23.5 Å². The van der Waals surface area contributed by atoms with Gasteiger partial charge in [0.15, 0.2) is 6.04 Å². The van der Waals surface area contributed by atoms with Crippen molar-refractivity contribution in [1.29, 1.82) is 0 Å². The van der Waals surface area contributed by atoms with Gasteiger partial charge in [0.25, 0.3) is 0 Å². The smallest absolute Gasteiger partial charge is 0.351 e. The summed E-state index contributed by atoms with van der Waals surface area (Å²) in [7, 11) is 0. The molecule has 0 saturated carbocycles. The number of likely N-dealkylation sites (tertiary alicyclic amines) is 1. The molecule has 1 aromatic carbocycles. The number of anilines is 1. The fourth-order valence-corrected chi connectivity index (χ4v) is 4.19. The summed E-state index contributed by atoms with van der Waals surface area (Å²) in [6.07, 6.45) is -1.50. The lowest BCUT2D eigenvalue weighted by Crippen LogP contribution is -2.47. The Balaban J connectivity index is 1.47. The first-order valence-electron chi connectivity index (χ1n) is 9.10. The van der Waals surface area contributed by atoms with Gasteiger partial charge in [-0.05, 0) is 49.4 Å². The molecule has 0 bridgehead atoms. The highest BCUT2D eigenvalue weighted by molar-refractivity contribution is 5.30. The van der Waals surface area contributed by atoms with Crippen LogP contribution >= 0.6 is 0 Å². The quantitative estimate of drug-likeness (QED) is 0.823. The maximum Gasteiger partial charge on any atom is 0.411 e. The van der Waals surface area contributed by atoms with Crippen LogP contribution in [0.15, 0.2) is 30.6 Å². The van der Waals surface area contributed by atoms with Crippen molar-refractivity contribution in [3.63, 3.8) is 0 Å². The van der Waals surface area contributed by atoms with E-state index >= 15 is 0 Å². The van der Waals surface area contributed by atoms with Gasteiger partial charge in [0.05, 0.1) is 0 Å². The van der Waals surface area contributed by atoms with Gasteiger partial charge in [-0.1, -0.05) is 12.1 Å². The molecule has 27 heavy (non-hydrogen) atoms. The largest absolute Gasteiger partial charge is 0.411 e. The summed E-state index contributed by atoms with van der Waals surface area (Å²) in [5.74, 6) is -0.0270. The molecule has 2 aliphatic heterocycles. The van der Waals surface area contributed by atoms with Crippen LogP contribution in [0, 0.1) is 11.7 Å². The van der Waals surface area contributed by atoms with Crippen molar-refractivity contribution in [1.82, 2.24) is 19.7 Å². The third kappa shape index (κ3) is 3.92. The Kier molecular flexibility index (Phi) is 4.79. The van der Waals surface area contributed by atoms with E-state index in [9.17, 15) is 17.6 Å². The summed E-state index contributed by atoms with van der Waals surface area (Å²) in [6.45, 7) is 2.13. The lowest BCUT2D eigenvalue weighted by atomic mass is 9.86. The molecule has 3 heterocycles. The van der Waals surface area contributed by atoms with Crippen LogP contribution in [0.3, 0.4) is 0 Å². The van der Waals surface area contributed by atoms with Crippen molar-refractivity contribution < 1.29 is 17.6 Å². The molecular formula is C18H21F4N5. The van der Waals surface area contributed by atoms with Gasteiger partial charge >= 0.3 is 6.18 Å². The number of fused-ring (bicyclic) bond motifs is 1. The summed E-state index contributed by atoms with van der Waals surface area (Å²) in [6, 6.07) is 4.49. The van der Waals surface area contributed by atoms with Crippen LogP contribution in [0.1, 0.15) is 30.9 Å². The van der Waals surface area contributed by atoms with Crippen molar-refractivity contribution in [2.45, 2.75) is 44.1 Å². The highest BCUT2D eigenvalue weighted by Gasteiger charge is 2.48. The molecule has 1 saturated heterocycles. The number of benzene rings is 1. The average molecular weight is 383 g/mol. The van der Waals surface area contributed by atoms with Crippen LogP contribution in [0.25, 0.3) is 0 Å². The number of aromatic nitrogens is 3. The standard InChI is InChI=1S/C18H21F4N5/c19-14-5-1-3-12(7-14)9-26-6-2-4-13(10-26)15-8-16(18(20,21)22)27-17(25-15)23-11-24-27/h1,3,5,7,11,13,15-16H,2,4,6,8-10H2,(H,23,24,25)/t13-,15+,16-/m1/s1. The van der Waals surface area contributed by atoms with Crippen LogP contribution in [0.2, 0.25) is 0 Å². The van der Waals surface area contributed by atoms with E-state index in [0.717, 1.165) is 36.0 Å². The molecule has 0 unspecified atom stereocenters. The van der Waals surface area contributed by atoms with Crippen molar-refractivity contribution in [2.75, 3.05) is 18.4 Å². The van der Waals surface area contributed by atoms with E-state index in [2.05, 4.69) is 20.3 Å². The van der Waals surface area contributed by atoms with Crippen LogP contribution < -0.4 is 5.32 Å². The molecule has 1 aromatic heterocycles. The Bertz CT molecular complexity index is 790. The monoisotopic (exact) mass is 383 g/mol. The van der Waals surface area contributed by atoms with Crippen LogP contribution in [-0.4, -0.2) is 45.0 Å². The number of halogens is 4. The number of hydrogen-bond acceptors (Lipinski definition) is 4. The van der Waals surface area contributed by atoms with E-state index in [-0.39, 0.29) is 30.1 Å². The fourth-order valence-electron chi connectivity index (χ4n) is 4.19. The van der Waals surface area contributed by atoms with E-state index in [1.807, 2.05) is 6.07 Å². The number of nitrogens with zero attached hydrogens (tertiary/aromatic N) is 4. The maximum absolute atomic E-state index is 13.5. The molecule has 1 fully saturated rings. The molecule has 0 amide bonds. The summed E-state index contributed by atoms with van der Waals surface area (Å²) in [4.78, 5) is 6.13. The van der Waals surface area contributed by atoms with Gasteiger partial charge in [0.2, 0.25) is 5.95 Å². The van der Waals surface area contributed by atoms with E-state index in [1.165, 1.54) is 12.1 Å². The minimum absolute atomic E-state index is 0.0572. The number of alkyl halides is 3. The number of hydrogen-bond donors (Lipinski definition) is 1. The second kappa shape index (κ2) is 7.10. The molecule has 2 aliphatic rings. The molecule has 0 spiro atoms. The van der Waals surface area contributed by atoms with Gasteiger partial charge in [-0.2, -0.15) is 23.3 Å². The molecular weight excluding hydrogens is 362 g/mol. The van der Waals surface area contributed by atoms with Gasteiger partial charge in [0.1, 0.15) is 12.1 Å². The van der Waals surface area contributed by atoms with Gasteiger partial charge in [-0.15, -0.1) is 0 Å². The Hall–Kier alpha value is -2.16. The van der Waals surface area contributed by atoms with Crippen molar-refractivity contribution in [3.8, 4) is 0 Å². The minimum Gasteiger partial charge on any atom is -0.351 e. The Morgan fingerprint density at radius 2 is 2.11 bits per heavy atom. The summed E-state index contributed by atoms with van der Waals surface area (Å²) in [5.41, 5.74) is 0.875. The first-order valence-corrected chi connectivity index (χ1v) is 9.10. The molecule has 146 valence electrons.